The zero-order valence-electron chi connectivity index (χ0n) is 12.0. The number of hydrogen-bond acceptors (Lipinski definition) is 4. The van der Waals surface area contributed by atoms with Crippen LogP contribution in [0.1, 0.15) is 26.7 Å². The topological polar surface area (TPSA) is 92.7 Å². The maximum atomic E-state index is 12.5. The summed E-state index contributed by atoms with van der Waals surface area (Å²) >= 11 is 5.79. The minimum absolute atomic E-state index is 0.0569. The van der Waals surface area contributed by atoms with Crippen LogP contribution >= 0.6 is 11.6 Å². The van der Waals surface area contributed by atoms with Crippen LogP contribution in [0.15, 0.2) is 23.1 Å². The van der Waals surface area contributed by atoms with Gasteiger partial charge in [-0.3, -0.25) is 4.79 Å². The first-order valence-electron chi connectivity index (χ1n) is 6.33. The first-order valence-corrected chi connectivity index (χ1v) is 8.19. The Bertz CT molecular complexity index is 625. The number of ether oxygens (including phenoxy) is 1. The van der Waals surface area contributed by atoms with Crippen molar-refractivity contribution in [3.63, 3.8) is 0 Å². The van der Waals surface area contributed by atoms with Gasteiger partial charge in [0.1, 0.15) is 16.2 Å². The summed E-state index contributed by atoms with van der Waals surface area (Å²) < 4.78 is 32.2. The molecule has 0 saturated heterocycles. The standard InChI is InChI=1S/C13H18ClNO5S/c1-4-13(5-2,12(16)17)15-21(18,19)11-7-6-9(14)8-10(11)20-3/h6-8,15H,4-5H2,1-3H3,(H,16,17). The molecule has 0 aliphatic carbocycles. The van der Waals surface area contributed by atoms with Crippen molar-refractivity contribution >= 4 is 27.6 Å². The summed E-state index contributed by atoms with van der Waals surface area (Å²) in [7, 11) is -2.75. The zero-order chi connectivity index (χ0) is 16.3. The van der Waals surface area contributed by atoms with E-state index in [2.05, 4.69) is 4.72 Å². The maximum Gasteiger partial charge on any atom is 0.324 e. The van der Waals surface area contributed by atoms with Crippen LogP contribution in [0.2, 0.25) is 5.02 Å². The van der Waals surface area contributed by atoms with Crippen LogP contribution in [-0.4, -0.2) is 32.1 Å². The number of hydrogen-bond donors (Lipinski definition) is 2. The number of sulfonamides is 1. The molecule has 0 aliphatic heterocycles. The molecule has 1 aromatic rings. The van der Waals surface area contributed by atoms with Gasteiger partial charge in [-0.2, -0.15) is 4.72 Å². The normalized spacial score (nSPS) is 12.2. The van der Waals surface area contributed by atoms with Crippen LogP contribution in [0, 0.1) is 0 Å². The second-order valence-electron chi connectivity index (χ2n) is 4.50. The van der Waals surface area contributed by atoms with Gasteiger partial charge in [0.15, 0.2) is 0 Å². The van der Waals surface area contributed by atoms with Gasteiger partial charge in [0.05, 0.1) is 7.11 Å². The fourth-order valence-electron chi connectivity index (χ4n) is 1.92. The van der Waals surface area contributed by atoms with Crippen molar-refractivity contribution in [2.45, 2.75) is 37.1 Å². The molecule has 21 heavy (non-hydrogen) atoms. The highest BCUT2D eigenvalue weighted by Gasteiger charge is 2.40. The second kappa shape index (κ2) is 6.64. The van der Waals surface area contributed by atoms with Gasteiger partial charge in [-0.1, -0.05) is 25.4 Å². The Morgan fingerprint density at radius 2 is 1.95 bits per heavy atom. The first-order chi connectivity index (χ1) is 9.72. The lowest BCUT2D eigenvalue weighted by Gasteiger charge is -2.28. The highest BCUT2D eigenvalue weighted by atomic mass is 35.5. The van der Waals surface area contributed by atoms with E-state index in [0.29, 0.717) is 5.02 Å². The van der Waals surface area contributed by atoms with Crippen LogP contribution < -0.4 is 9.46 Å². The van der Waals surface area contributed by atoms with E-state index in [1.54, 1.807) is 13.8 Å². The number of nitrogens with one attached hydrogen (secondary N) is 1. The second-order valence-corrected chi connectivity index (χ2v) is 6.58. The molecule has 0 aromatic heterocycles. The highest BCUT2D eigenvalue weighted by Crippen LogP contribution is 2.29. The highest BCUT2D eigenvalue weighted by molar-refractivity contribution is 7.89. The summed E-state index contributed by atoms with van der Waals surface area (Å²) in [6.07, 6.45) is 0.238. The summed E-state index contributed by atoms with van der Waals surface area (Å²) in [6.45, 7) is 3.22. The minimum atomic E-state index is -4.06. The lowest BCUT2D eigenvalue weighted by atomic mass is 9.95. The van der Waals surface area contributed by atoms with Crippen LogP contribution in [-0.2, 0) is 14.8 Å². The molecule has 118 valence electrons. The average Bonchev–Trinajstić information content (AvgIpc) is 2.44. The Labute approximate surface area is 129 Å². The molecule has 1 aromatic carbocycles. The number of methoxy groups -OCH3 is 1. The minimum Gasteiger partial charge on any atom is -0.495 e. The van der Waals surface area contributed by atoms with E-state index in [-0.39, 0.29) is 23.5 Å². The van der Waals surface area contributed by atoms with Crippen molar-refractivity contribution in [3.8, 4) is 5.75 Å². The van der Waals surface area contributed by atoms with Crippen molar-refractivity contribution in [2.24, 2.45) is 0 Å². The van der Waals surface area contributed by atoms with Gasteiger partial charge in [0, 0.05) is 11.1 Å². The molecule has 6 nitrogen and oxygen atoms in total. The molecular weight excluding hydrogens is 318 g/mol. The quantitative estimate of drug-likeness (QED) is 0.797. The van der Waals surface area contributed by atoms with Gasteiger partial charge in [-0.15, -0.1) is 0 Å². The third kappa shape index (κ3) is 3.66. The van der Waals surface area contributed by atoms with Crippen molar-refractivity contribution in [2.75, 3.05) is 7.11 Å². The number of halogens is 1. The summed E-state index contributed by atoms with van der Waals surface area (Å²) in [5, 5.41) is 9.65. The van der Waals surface area contributed by atoms with Crippen LogP contribution in [0.4, 0.5) is 0 Å². The van der Waals surface area contributed by atoms with Crippen LogP contribution in [0.25, 0.3) is 0 Å². The van der Waals surface area contributed by atoms with E-state index >= 15 is 0 Å². The SMILES string of the molecule is CCC(CC)(NS(=O)(=O)c1ccc(Cl)cc1OC)C(=O)O. The summed E-state index contributed by atoms with van der Waals surface area (Å²) in [5.41, 5.74) is -1.55. The van der Waals surface area contributed by atoms with Gasteiger partial charge in [0.25, 0.3) is 0 Å². The first kappa shape index (κ1) is 17.7. The number of carboxylic acid groups (broad SMARTS) is 1. The Morgan fingerprint density at radius 1 is 1.38 bits per heavy atom. The fourth-order valence-corrected chi connectivity index (χ4v) is 3.73. The third-order valence-electron chi connectivity index (χ3n) is 3.36. The van der Waals surface area contributed by atoms with Gasteiger partial charge in [-0.05, 0) is 25.0 Å². The number of carbonyl (C=O) groups is 1. The van der Waals surface area contributed by atoms with Gasteiger partial charge >= 0.3 is 5.97 Å². The molecule has 0 aliphatic rings. The summed E-state index contributed by atoms with van der Waals surface area (Å²) in [6, 6.07) is 4.04. The molecule has 0 radical (unpaired) electrons. The monoisotopic (exact) mass is 335 g/mol. The molecule has 1 rings (SSSR count). The van der Waals surface area contributed by atoms with Gasteiger partial charge < -0.3 is 9.84 Å². The maximum absolute atomic E-state index is 12.5. The van der Waals surface area contributed by atoms with Crippen molar-refractivity contribution in [1.29, 1.82) is 0 Å². The number of rotatable bonds is 7. The van der Waals surface area contributed by atoms with Crippen LogP contribution in [0.3, 0.4) is 0 Å². The van der Waals surface area contributed by atoms with E-state index in [4.69, 9.17) is 16.3 Å². The van der Waals surface area contributed by atoms with E-state index < -0.39 is 21.5 Å². The molecule has 0 amide bonds. The molecule has 2 N–H and O–H groups in total. The molecule has 0 atom stereocenters. The molecule has 0 heterocycles. The van der Waals surface area contributed by atoms with E-state index in [1.165, 1.54) is 25.3 Å². The molecule has 0 saturated carbocycles. The lowest BCUT2D eigenvalue weighted by molar-refractivity contribution is -0.144. The van der Waals surface area contributed by atoms with E-state index in [0.717, 1.165) is 0 Å². The fraction of sp³-hybridized carbons (Fsp3) is 0.462. The van der Waals surface area contributed by atoms with E-state index in [9.17, 15) is 18.3 Å². The molecule has 0 fully saturated rings. The van der Waals surface area contributed by atoms with Crippen molar-refractivity contribution in [1.82, 2.24) is 4.72 Å². The smallest absolute Gasteiger partial charge is 0.324 e. The molecule has 0 bridgehead atoms. The van der Waals surface area contributed by atoms with Gasteiger partial charge in [0.2, 0.25) is 10.0 Å². The predicted octanol–water partition coefficient (Wildman–Crippen LogP) is 2.27. The molecule has 0 spiro atoms. The Kier molecular flexibility index (Phi) is 5.61. The predicted molar refractivity (Wildman–Crippen MR) is 79.3 cm³/mol. The Hall–Kier alpha value is -1.31. The molecule has 0 unspecified atom stereocenters. The summed E-state index contributed by atoms with van der Waals surface area (Å²) in [4.78, 5) is 11.3. The number of benzene rings is 1. The largest absolute Gasteiger partial charge is 0.495 e. The Morgan fingerprint density at radius 3 is 2.38 bits per heavy atom. The lowest BCUT2D eigenvalue weighted by Crippen LogP contribution is -2.53. The van der Waals surface area contributed by atoms with Gasteiger partial charge in [-0.25, -0.2) is 8.42 Å². The zero-order valence-corrected chi connectivity index (χ0v) is 13.6. The average molecular weight is 336 g/mol. The van der Waals surface area contributed by atoms with E-state index in [1.807, 2.05) is 0 Å². The third-order valence-corrected chi connectivity index (χ3v) is 5.17. The summed E-state index contributed by atoms with van der Waals surface area (Å²) in [5.74, 6) is -1.16. The van der Waals surface area contributed by atoms with Crippen molar-refractivity contribution < 1.29 is 23.1 Å². The molecular formula is C13H18ClNO5S. The van der Waals surface area contributed by atoms with Crippen LogP contribution in [0.5, 0.6) is 5.75 Å². The van der Waals surface area contributed by atoms with Crippen molar-refractivity contribution in [3.05, 3.63) is 23.2 Å². The molecule has 8 heteroatoms. The number of carboxylic acids is 1. The Balaban J connectivity index is 3.32. The number of aliphatic carboxylic acids is 1.